The molecule has 2 rings (SSSR count). The van der Waals surface area contributed by atoms with E-state index >= 15 is 0 Å². The number of hydrogen-bond acceptors (Lipinski definition) is 3. The highest BCUT2D eigenvalue weighted by Gasteiger charge is 2.06. The van der Waals surface area contributed by atoms with Gasteiger partial charge in [-0.15, -0.1) is 0 Å². The van der Waals surface area contributed by atoms with E-state index in [2.05, 4.69) is 23.8 Å². The van der Waals surface area contributed by atoms with Crippen LogP contribution >= 0.6 is 0 Å². The molecule has 0 aliphatic carbocycles. The first-order valence-electron chi connectivity index (χ1n) is 6.53. The van der Waals surface area contributed by atoms with Crippen LogP contribution in [0.1, 0.15) is 38.4 Å². The molecule has 0 aliphatic heterocycles. The molecule has 18 heavy (non-hydrogen) atoms. The minimum absolute atomic E-state index is 0.409. The maximum atomic E-state index is 5.68. The number of aromatic nitrogens is 2. The Morgan fingerprint density at radius 2 is 2.17 bits per heavy atom. The number of nitrogens with two attached hydrogens (primary N) is 1. The standard InChI is InChI=1S/C14H21N3O/c1-10(2)14-16-12-6-5-11(9-13(12)17-14)18-8-4-3-7-15/h5-6,9-10H,3-4,7-8,15H2,1-2H3,(H,16,17). The molecule has 0 saturated heterocycles. The monoisotopic (exact) mass is 247 g/mol. The van der Waals surface area contributed by atoms with Crippen molar-refractivity contribution >= 4 is 11.0 Å². The predicted octanol–water partition coefficient (Wildman–Crippen LogP) is 2.80. The highest BCUT2D eigenvalue weighted by Crippen LogP contribution is 2.21. The fraction of sp³-hybridized carbons (Fsp3) is 0.500. The number of rotatable bonds is 6. The van der Waals surface area contributed by atoms with Crippen LogP contribution in [0.15, 0.2) is 18.2 Å². The fourth-order valence-electron chi connectivity index (χ4n) is 1.81. The van der Waals surface area contributed by atoms with Crippen LogP contribution in [-0.4, -0.2) is 23.1 Å². The molecule has 2 aromatic rings. The van der Waals surface area contributed by atoms with E-state index in [0.29, 0.717) is 12.5 Å². The quantitative estimate of drug-likeness (QED) is 0.771. The summed E-state index contributed by atoms with van der Waals surface area (Å²) in [5, 5.41) is 0. The van der Waals surface area contributed by atoms with Crippen molar-refractivity contribution in [3.63, 3.8) is 0 Å². The highest BCUT2D eigenvalue weighted by atomic mass is 16.5. The third kappa shape index (κ3) is 3.01. The molecule has 0 amide bonds. The molecule has 0 bridgehead atoms. The van der Waals surface area contributed by atoms with E-state index in [4.69, 9.17) is 10.5 Å². The van der Waals surface area contributed by atoms with Gasteiger partial charge in [-0.2, -0.15) is 0 Å². The number of nitrogens with one attached hydrogen (secondary N) is 1. The molecule has 0 saturated carbocycles. The summed E-state index contributed by atoms with van der Waals surface area (Å²) in [6.45, 7) is 5.69. The summed E-state index contributed by atoms with van der Waals surface area (Å²) >= 11 is 0. The van der Waals surface area contributed by atoms with Crippen LogP contribution in [0.2, 0.25) is 0 Å². The van der Waals surface area contributed by atoms with E-state index in [1.54, 1.807) is 0 Å². The smallest absolute Gasteiger partial charge is 0.121 e. The van der Waals surface area contributed by atoms with Crippen LogP contribution in [-0.2, 0) is 0 Å². The predicted molar refractivity (Wildman–Crippen MR) is 74.0 cm³/mol. The molecule has 1 heterocycles. The lowest BCUT2D eigenvalue weighted by atomic mass is 10.2. The van der Waals surface area contributed by atoms with Crippen LogP contribution in [0, 0.1) is 0 Å². The summed E-state index contributed by atoms with van der Waals surface area (Å²) in [5.74, 6) is 2.31. The van der Waals surface area contributed by atoms with Crippen molar-refractivity contribution in [3.05, 3.63) is 24.0 Å². The number of benzene rings is 1. The summed E-state index contributed by atoms with van der Waals surface area (Å²) < 4.78 is 5.68. The Hall–Kier alpha value is -1.55. The number of hydrogen-bond donors (Lipinski definition) is 2. The largest absolute Gasteiger partial charge is 0.494 e. The van der Waals surface area contributed by atoms with Gasteiger partial charge in [0.2, 0.25) is 0 Å². The lowest BCUT2D eigenvalue weighted by Crippen LogP contribution is -2.03. The number of H-pyrrole nitrogens is 1. The fourth-order valence-corrected chi connectivity index (χ4v) is 1.81. The SMILES string of the molecule is CC(C)c1nc2ccc(OCCCCN)cc2[nH]1. The lowest BCUT2D eigenvalue weighted by Gasteiger charge is -2.04. The number of aromatic amines is 1. The van der Waals surface area contributed by atoms with Crippen LogP contribution in [0.4, 0.5) is 0 Å². The zero-order chi connectivity index (χ0) is 13.0. The number of fused-ring (bicyclic) bond motifs is 1. The Labute approximate surface area is 108 Å². The van der Waals surface area contributed by atoms with E-state index in [9.17, 15) is 0 Å². The number of unbranched alkanes of at least 4 members (excludes halogenated alkanes) is 1. The van der Waals surface area contributed by atoms with Gasteiger partial charge in [-0.05, 0) is 31.5 Å². The Morgan fingerprint density at radius 1 is 1.33 bits per heavy atom. The maximum Gasteiger partial charge on any atom is 0.121 e. The second-order valence-corrected chi connectivity index (χ2v) is 4.80. The molecule has 0 fully saturated rings. The highest BCUT2D eigenvalue weighted by molar-refractivity contribution is 5.76. The lowest BCUT2D eigenvalue weighted by molar-refractivity contribution is 0.308. The van der Waals surface area contributed by atoms with Gasteiger partial charge in [0.1, 0.15) is 11.6 Å². The van der Waals surface area contributed by atoms with Crippen LogP contribution in [0.25, 0.3) is 11.0 Å². The summed E-state index contributed by atoms with van der Waals surface area (Å²) in [5.41, 5.74) is 7.48. The van der Waals surface area contributed by atoms with E-state index in [1.165, 1.54) is 0 Å². The van der Waals surface area contributed by atoms with Gasteiger partial charge in [0, 0.05) is 12.0 Å². The van der Waals surface area contributed by atoms with Crippen molar-refractivity contribution in [2.45, 2.75) is 32.6 Å². The average molecular weight is 247 g/mol. The van der Waals surface area contributed by atoms with Crippen molar-refractivity contribution in [2.24, 2.45) is 5.73 Å². The topological polar surface area (TPSA) is 63.9 Å². The number of nitrogens with zero attached hydrogens (tertiary/aromatic N) is 1. The summed E-state index contributed by atoms with van der Waals surface area (Å²) in [6.07, 6.45) is 2.00. The van der Waals surface area contributed by atoms with Crippen molar-refractivity contribution < 1.29 is 4.74 Å². The molecule has 4 heteroatoms. The molecule has 98 valence electrons. The molecule has 1 aromatic carbocycles. The van der Waals surface area contributed by atoms with Crippen molar-refractivity contribution in [3.8, 4) is 5.75 Å². The maximum absolute atomic E-state index is 5.68. The van der Waals surface area contributed by atoms with E-state index in [0.717, 1.165) is 42.0 Å². The first-order valence-corrected chi connectivity index (χ1v) is 6.53. The Balaban J connectivity index is 2.07. The molecule has 0 unspecified atom stereocenters. The average Bonchev–Trinajstić information content (AvgIpc) is 2.78. The molecule has 1 aromatic heterocycles. The van der Waals surface area contributed by atoms with Gasteiger partial charge >= 0.3 is 0 Å². The van der Waals surface area contributed by atoms with Gasteiger partial charge in [0.25, 0.3) is 0 Å². The first kappa shape index (κ1) is 12.9. The van der Waals surface area contributed by atoms with Gasteiger partial charge in [-0.25, -0.2) is 4.98 Å². The minimum atomic E-state index is 0.409. The number of ether oxygens (including phenoxy) is 1. The van der Waals surface area contributed by atoms with Crippen molar-refractivity contribution in [1.29, 1.82) is 0 Å². The molecule has 0 radical (unpaired) electrons. The third-order valence-electron chi connectivity index (χ3n) is 2.89. The molecular formula is C14H21N3O. The van der Waals surface area contributed by atoms with Crippen LogP contribution in [0.3, 0.4) is 0 Å². The second kappa shape index (κ2) is 5.87. The summed E-state index contributed by atoms with van der Waals surface area (Å²) in [7, 11) is 0. The normalized spacial score (nSPS) is 11.3. The van der Waals surface area contributed by atoms with Gasteiger partial charge in [-0.1, -0.05) is 13.8 Å². The first-order chi connectivity index (χ1) is 8.70. The van der Waals surface area contributed by atoms with E-state index in [-0.39, 0.29) is 0 Å². The Bertz CT molecular complexity index is 505. The zero-order valence-electron chi connectivity index (χ0n) is 11.1. The summed E-state index contributed by atoms with van der Waals surface area (Å²) in [4.78, 5) is 7.86. The minimum Gasteiger partial charge on any atom is -0.494 e. The van der Waals surface area contributed by atoms with Gasteiger partial charge in [-0.3, -0.25) is 0 Å². The molecular weight excluding hydrogens is 226 g/mol. The number of imidazole rings is 1. The third-order valence-corrected chi connectivity index (χ3v) is 2.89. The van der Waals surface area contributed by atoms with Gasteiger partial charge in [0.05, 0.1) is 17.6 Å². The summed E-state index contributed by atoms with van der Waals surface area (Å²) in [6, 6.07) is 5.97. The van der Waals surface area contributed by atoms with Crippen LogP contribution < -0.4 is 10.5 Å². The molecule has 0 aliphatic rings. The Kier molecular flexibility index (Phi) is 4.20. The molecule has 4 nitrogen and oxygen atoms in total. The molecule has 0 spiro atoms. The van der Waals surface area contributed by atoms with E-state index < -0.39 is 0 Å². The van der Waals surface area contributed by atoms with Gasteiger partial charge < -0.3 is 15.5 Å². The van der Waals surface area contributed by atoms with E-state index in [1.807, 2.05) is 18.2 Å². The molecule has 0 atom stereocenters. The molecule has 3 N–H and O–H groups in total. The zero-order valence-corrected chi connectivity index (χ0v) is 11.1. The van der Waals surface area contributed by atoms with Crippen LogP contribution in [0.5, 0.6) is 5.75 Å². The van der Waals surface area contributed by atoms with Crippen molar-refractivity contribution in [2.75, 3.05) is 13.2 Å². The Morgan fingerprint density at radius 3 is 2.89 bits per heavy atom. The second-order valence-electron chi connectivity index (χ2n) is 4.80. The van der Waals surface area contributed by atoms with Crippen molar-refractivity contribution in [1.82, 2.24) is 9.97 Å². The van der Waals surface area contributed by atoms with Gasteiger partial charge in [0.15, 0.2) is 0 Å².